The molecule has 0 atom stereocenters. The number of ether oxygens (including phenoxy) is 2. The summed E-state index contributed by atoms with van der Waals surface area (Å²) >= 11 is 0. The van der Waals surface area contributed by atoms with Crippen LogP contribution in [-0.4, -0.2) is 63.9 Å². The number of carbonyl (C=O) groups excluding carboxylic acids is 1. The Kier molecular flexibility index (Phi) is 5.85. The lowest BCUT2D eigenvalue weighted by atomic mass is 10.2. The third-order valence-electron chi connectivity index (χ3n) is 4.59. The van der Waals surface area contributed by atoms with Crippen LogP contribution in [0.15, 0.2) is 47.4 Å². The smallest absolute Gasteiger partial charge is 0.254 e. The van der Waals surface area contributed by atoms with Gasteiger partial charge in [0.25, 0.3) is 5.91 Å². The maximum absolute atomic E-state index is 13.4. The van der Waals surface area contributed by atoms with E-state index in [1.807, 2.05) is 0 Å². The molecule has 0 spiro atoms. The summed E-state index contributed by atoms with van der Waals surface area (Å²) in [5.74, 6) is -0.189. The monoisotopic (exact) mass is 408 g/mol. The van der Waals surface area contributed by atoms with Crippen LogP contribution >= 0.6 is 0 Å². The number of hydrogen-bond donors (Lipinski definition) is 0. The molecule has 7 nitrogen and oxygen atoms in total. The third-order valence-corrected chi connectivity index (χ3v) is 6.51. The van der Waals surface area contributed by atoms with Crippen LogP contribution < -0.4 is 9.47 Å². The van der Waals surface area contributed by atoms with Gasteiger partial charge in [0, 0.05) is 37.8 Å². The van der Waals surface area contributed by atoms with Gasteiger partial charge in [-0.2, -0.15) is 4.31 Å². The fraction of sp³-hybridized carbons (Fsp3) is 0.316. The number of benzene rings is 2. The highest BCUT2D eigenvalue weighted by Crippen LogP contribution is 2.31. The van der Waals surface area contributed by atoms with Crippen LogP contribution in [0, 0.1) is 5.82 Å². The largest absolute Gasteiger partial charge is 0.497 e. The molecule has 9 heteroatoms. The van der Waals surface area contributed by atoms with Crippen molar-refractivity contribution in [3.05, 3.63) is 53.8 Å². The average molecular weight is 408 g/mol. The Morgan fingerprint density at radius 2 is 1.71 bits per heavy atom. The van der Waals surface area contributed by atoms with Crippen LogP contribution in [-0.2, 0) is 10.0 Å². The predicted octanol–water partition coefficient (Wildman–Crippen LogP) is 1.99. The molecule has 1 heterocycles. The molecule has 0 N–H and O–H groups in total. The van der Waals surface area contributed by atoms with Crippen molar-refractivity contribution in [3.63, 3.8) is 0 Å². The summed E-state index contributed by atoms with van der Waals surface area (Å²) in [6.07, 6.45) is 0. The molecule has 1 saturated heterocycles. The van der Waals surface area contributed by atoms with Crippen LogP contribution in [0.5, 0.6) is 11.5 Å². The predicted molar refractivity (Wildman–Crippen MR) is 101 cm³/mol. The number of amides is 1. The molecule has 1 aliphatic rings. The summed E-state index contributed by atoms with van der Waals surface area (Å²) in [7, 11) is -0.975. The van der Waals surface area contributed by atoms with Crippen LogP contribution in [0.25, 0.3) is 0 Å². The summed E-state index contributed by atoms with van der Waals surface area (Å²) in [6, 6.07) is 10.0. The number of sulfonamides is 1. The summed E-state index contributed by atoms with van der Waals surface area (Å²) in [5.41, 5.74) is 0.241. The van der Waals surface area contributed by atoms with Crippen LogP contribution in [0.2, 0.25) is 0 Å². The summed E-state index contributed by atoms with van der Waals surface area (Å²) in [4.78, 5) is 14.0. The standard InChI is InChI=1S/C19H21FN2O5S/c1-26-16-6-7-17(27-2)18(13-16)28(24,25)22-10-8-21(9-11-22)19(23)14-4-3-5-15(20)12-14/h3-7,12-13H,8-11H2,1-2H3. The number of halogens is 1. The molecule has 3 rings (SSSR count). The molecule has 0 bridgehead atoms. The minimum Gasteiger partial charge on any atom is -0.497 e. The highest BCUT2D eigenvalue weighted by atomic mass is 32.2. The Hall–Kier alpha value is -2.65. The van der Waals surface area contributed by atoms with Gasteiger partial charge in [0.1, 0.15) is 22.2 Å². The zero-order valence-corrected chi connectivity index (χ0v) is 16.4. The van der Waals surface area contributed by atoms with Gasteiger partial charge < -0.3 is 14.4 Å². The van der Waals surface area contributed by atoms with Crippen LogP contribution in [0.4, 0.5) is 4.39 Å². The van der Waals surface area contributed by atoms with Gasteiger partial charge in [0.05, 0.1) is 14.2 Å². The maximum atomic E-state index is 13.4. The molecule has 0 unspecified atom stereocenters. The number of carbonyl (C=O) groups is 1. The van der Waals surface area contributed by atoms with Gasteiger partial charge in [0.2, 0.25) is 10.0 Å². The normalized spacial score (nSPS) is 15.3. The van der Waals surface area contributed by atoms with Crippen molar-refractivity contribution in [1.82, 2.24) is 9.21 Å². The minimum absolute atomic E-state index is 0.0132. The van der Waals surface area contributed by atoms with Crippen molar-refractivity contribution < 1.29 is 27.1 Å². The van der Waals surface area contributed by atoms with Gasteiger partial charge in [0.15, 0.2) is 0 Å². The fourth-order valence-electron chi connectivity index (χ4n) is 3.06. The van der Waals surface area contributed by atoms with E-state index in [1.54, 1.807) is 6.07 Å². The van der Waals surface area contributed by atoms with E-state index in [-0.39, 0.29) is 48.3 Å². The quantitative estimate of drug-likeness (QED) is 0.756. The van der Waals surface area contributed by atoms with Crippen molar-refractivity contribution in [2.75, 3.05) is 40.4 Å². The number of methoxy groups -OCH3 is 2. The molecule has 0 aliphatic carbocycles. The van der Waals surface area contributed by atoms with E-state index in [9.17, 15) is 17.6 Å². The Morgan fingerprint density at radius 3 is 2.32 bits per heavy atom. The van der Waals surface area contributed by atoms with E-state index in [2.05, 4.69) is 0 Å². The molecule has 28 heavy (non-hydrogen) atoms. The summed E-state index contributed by atoms with van der Waals surface area (Å²) in [5, 5.41) is 0. The number of piperazine rings is 1. The number of rotatable bonds is 5. The lowest BCUT2D eigenvalue weighted by Gasteiger charge is -2.34. The van der Waals surface area contributed by atoms with E-state index >= 15 is 0 Å². The molecule has 2 aromatic rings. The van der Waals surface area contributed by atoms with Crippen molar-refractivity contribution >= 4 is 15.9 Å². The topological polar surface area (TPSA) is 76.2 Å². The van der Waals surface area contributed by atoms with Gasteiger partial charge in [-0.1, -0.05) is 6.07 Å². The first-order valence-electron chi connectivity index (χ1n) is 8.64. The van der Waals surface area contributed by atoms with E-state index in [0.717, 1.165) is 0 Å². The Balaban J connectivity index is 1.76. The van der Waals surface area contributed by atoms with Gasteiger partial charge in [-0.25, -0.2) is 12.8 Å². The molecule has 2 aromatic carbocycles. The molecule has 0 aromatic heterocycles. The van der Waals surface area contributed by atoms with Crippen molar-refractivity contribution in [1.29, 1.82) is 0 Å². The first-order valence-corrected chi connectivity index (χ1v) is 10.1. The van der Waals surface area contributed by atoms with Crippen molar-refractivity contribution in [3.8, 4) is 11.5 Å². The highest BCUT2D eigenvalue weighted by molar-refractivity contribution is 7.89. The SMILES string of the molecule is COc1ccc(OC)c(S(=O)(=O)N2CCN(C(=O)c3cccc(F)c3)CC2)c1. The second kappa shape index (κ2) is 8.15. The van der Waals surface area contributed by atoms with E-state index < -0.39 is 15.8 Å². The second-order valence-corrected chi connectivity index (χ2v) is 8.13. The third kappa shape index (κ3) is 3.95. The molecule has 150 valence electrons. The molecule has 0 saturated carbocycles. The first kappa shape index (κ1) is 20.1. The lowest BCUT2D eigenvalue weighted by Crippen LogP contribution is -2.50. The van der Waals surface area contributed by atoms with Gasteiger partial charge in [-0.05, 0) is 30.3 Å². The highest BCUT2D eigenvalue weighted by Gasteiger charge is 2.32. The van der Waals surface area contributed by atoms with E-state index in [4.69, 9.17) is 9.47 Å². The van der Waals surface area contributed by atoms with Crippen molar-refractivity contribution in [2.24, 2.45) is 0 Å². The molecule has 1 fully saturated rings. The molecular weight excluding hydrogens is 387 g/mol. The molecule has 0 radical (unpaired) electrons. The summed E-state index contributed by atoms with van der Waals surface area (Å²) < 4.78 is 51.1. The number of hydrogen-bond acceptors (Lipinski definition) is 5. The Bertz CT molecular complexity index is 972. The van der Waals surface area contributed by atoms with E-state index in [1.165, 1.54) is 59.8 Å². The van der Waals surface area contributed by atoms with E-state index in [0.29, 0.717) is 5.75 Å². The minimum atomic E-state index is -3.83. The maximum Gasteiger partial charge on any atom is 0.254 e. The van der Waals surface area contributed by atoms with Crippen LogP contribution in [0.1, 0.15) is 10.4 Å². The Morgan fingerprint density at radius 1 is 1.00 bits per heavy atom. The van der Waals surface area contributed by atoms with Gasteiger partial charge in [-0.3, -0.25) is 4.79 Å². The first-order chi connectivity index (χ1) is 13.4. The molecular formula is C19H21FN2O5S. The molecule has 1 aliphatic heterocycles. The fourth-order valence-corrected chi connectivity index (χ4v) is 4.65. The van der Waals surface area contributed by atoms with Gasteiger partial charge >= 0.3 is 0 Å². The zero-order chi connectivity index (χ0) is 20.3. The second-order valence-electron chi connectivity index (χ2n) is 6.22. The van der Waals surface area contributed by atoms with Crippen LogP contribution in [0.3, 0.4) is 0 Å². The zero-order valence-electron chi connectivity index (χ0n) is 15.6. The number of nitrogens with zero attached hydrogens (tertiary/aromatic N) is 2. The summed E-state index contributed by atoms with van der Waals surface area (Å²) in [6.45, 7) is 0.676. The lowest BCUT2D eigenvalue weighted by molar-refractivity contribution is 0.0697. The Labute approximate surface area is 163 Å². The molecule has 1 amide bonds. The van der Waals surface area contributed by atoms with Gasteiger partial charge in [-0.15, -0.1) is 0 Å². The van der Waals surface area contributed by atoms with Crippen molar-refractivity contribution in [2.45, 2.75) is 4.90 Å². The average Bonchev–Trinajstić information content (AvgIpc) is 2.72.